The highest BCUT2D eigenvalue weighted by Gasteiger charge is 2.55. The predicted molar refractivity (Wildman–Crippen MR) is 133 cm³/mol. The van der Waals surface area contributed by atoms with Gasteiger partial charge in [0.05, 0.1) is 0 Å². The number of rotatable bonds is 4. The van der Waals surface area contributed by atoms with Crippen molar-refractivity contribution in [3.8, 4) is 11.1 Å². The highest BCUT2D eigenvalue weighted by Crippen LogP contribution is 2.55. The lowest BCUT2D eigenvalue weighted by molar-refractivity contribution is -0.139. The molecule has 6 rings (SSSR count). The lowest BCUT2D eigenvalue weighted by Crippen LogP contribution is -2.51. The van der Waals surface area contributed by atoms with Gasteiger partial charge in [-0.25, -0.2) is 4.90 Å². The normalized spacial score (nSPS) is 18.6. The van der Waals surface area contributed by atoms with Crippen molar-refractivity contribution in [1.82, 2.24) is 4.90 Å². The molecule has 4 aromatic carbocycles. The Morgan fingerprint density at radius 1 is 0.788 bits per heavy atom. The molecule has 33 heavy (non-hydrogen) atoms. The lowest BCUT2D eigenvalue weighted by Gasteiger charge is -2.42. The largest absolute Gasteiger partial charge is 0.448 e. The maximum atomic E-state index is 13.2. The van der Waals surface area contributed by atoms with Gasteiger partial charge in [0.25, 0.3) is 0 Å². The van der Waals surface area contributed by atoms with Crippen LogP contribution in [0.3, 0.4) is 0 Å². The van der Waals surface area contributed by atoms with Gasteiger partial charge in [-0.05, 0) is 45.9 Å². The molecule has 1 heterocycles. The molecule has 0 amide bonds. The van der Waals surface area contributed by atoms with Crippen molar-refractivity contribution < 1.29 is 9.53 Å². The van der Waals surface area contributed by atoms with Gasteiger partial charge in [0.2, 0.25) is 0 Å². The molecule has 0 saturated carbocycles. The molecule has 1 atom stereocenters. The zero-order chi connectivity index (χ0) is 22.4. The maximum Gasteiger partial charge on any atom is 0.325 e. The van der Waals surface area contributed by atoms with Crippen LogP contribution >= 0.6 is 15.9 Å². The smallest absolute Gasteiger partial charge is 0.325 e. The van der Waals surface area contributed by atoms with Crippen LogP contribution in [0.25, 0.3) is 11.1 Å². The Morgan fingerprint density at radius 3 is 2.03 bits per heavy atom. The maximum absolute atomic E-state index is 13.2. The molecule has 3 nitrogen and oxygen atoms in total. The molecule has 1 aliphatic carbocycles. The second kappa shape index (κ2) is 7.98. The van der Waals surface area contributed by atoms with Crippen molar-refractivity contribution in [3.63, 3.8) is 0 Å². The van der Waals surface area contributed by atoms with Crippen molar-refractivity contribution in [2.75, 3.05) is 6.73 Å². The number of cyclic esters (lactones) is 1. The first kappa shape index (κ1) is 20.4. The van der Waals surface area contributed by atoms with Gasteiger partial charge < -0.3 is 4.74 Å². The zero-order valence-electron chi connectivity index (χ0n) is 17.9. The fourth-order valence-electron chi connectivity index (χ4n) is 5.52. The summed E-state index contributed by atoms with van der Waals surface area (Å²) in [6, 6.07) is 35.3. The summed E-state index contributed by atoms with van der Waals surface area (Å²) in [6.45, 7) is 0.242. The first-order valence-electron chi connectivity index (χ1n) is 11.1. The second-order valence-corrected chi connectivity index (χ2v) is 9.40. The summed E-state index contributed by atoms with van der Waals surface area (Å²) >= 11 is 3.67. The number of carbonyl (C=O) groups excluding carboxylic acids is 1. The Hall–Kier alpha value is -3.21. The van der Waals surface area contributed by atoms with Crippen molar-refractivity contribution >= 4 is 21.9 Å². The molecular weight excluding hydrogens is 474 g/mol. The topological polar surface area (TPSA) is 29.5 Å². The Morgan fingerprint density at radius 2 is 1.36 bits per heavy atom. The summed E-state index contributed by atoms with van der Waals surface area (Å²) in [7, 11) is 0. The number of fused-ring (bicyclic) bond motifs is 3. The number of hydrogen-bond acceptors (Lipinski definition) is 3. The number of halogens is 1. The van der Waals surface area contributed by atoms with Crippen LogP contribution in [-0.4, -0.2) is 23.6 Å². The molecule has 4 heteroatoms. The summed E-state index contributed by atoms with van der Waals surface area (Å²) in [5.74, 6) is -0.178. The SMILES string of the molecule is O=C1OCN(C2(c3ccccc3)c3ccccc3-c3ccccc32)[C@H]1Cc1ccccc1Br. The van der Waals surface area contributed by atoms with E-state index in [1.54, 1.807) is 0 Å². The van der Waals surface area contributed by atoms with Crippen molar-refractivity contribution in [3.05, 3.63) is 130 Å². The van der Waals surface area contributed by atoms with Crippen LogP contribution in [0.5, 0.6) is 0 Å². The van der Waals surface area contributed by atoms with Gasteiger partial charge in [0.1, 0.15) is 18.3 Å². The van der Waals surface area contributed by atoms with E-state index in [0.29, 0.717) is 6.42 Å². The van der Waals surface area contributed by atoms with Crippen LogP contribution in [0, 0.1) is 0 Å². The van der Waals surface area contributed by atoms with Gasteiger partial charge in [0, 0.05) is 4.47 Å². The highest BCUT2D eigenvalue weighted by molar-refractivity contribution is 9.10. The Balaban J connectivity index is 1.61. The van der Waals surface area contributed by atoms with Crippen molar-refractivity contribution in [2.24, 2.45) is 0 Å². The number of esters is 1. The standard InChI is InChI=1S/C29H22BrNO2/c30-26-17-9-4-10-20(26)18-27-28(32)33-19-31(27)29(21-11-2-1-3-12-21)24-15-7-5-13-22(24)23-14-6-8-16-25(23)29/h1-17,27H,18-19H2/t27-/m0/s1. The van der Waals surface area contributed by atoms with Gasteiger partial charge in [-0.2, -0.15) is 0 Å². The lowest BCUT2D eigenvalue weighted by atomic mass is 9.78. The second-order valence-electron chi connectivity index (χ2n) is 8.54. The third-order valence-electron chi connectivity index (χ3n) is 6.91. The van der Waals surface area contributed by atoms with Crippen LogP contribution in [0.15, 0.2) is 108 Å². The number of nitrogens with zero attached hydrogens (tertiary/aromatic N) is 1. The molecule has 0 aromatic heterocycles. The van der Waals surface area contributed by atoms with E-state index in [0.717, 1.165) is 15.6 Å². The quantitative estimate of drug-likeness (QED) is 0.318. The molecule has 0 N–H and O–H groups in total. The summed E-state index contributed by atoms with van der Waals surface area (Å²) in [5.41, 5.74) is 6.39. The number of hydrogen-bond donors (Lipinski definition) is 0. The molecule has 2 aliphatic rings. The average molecular weight is 496 g/mol. The summed E-state index contributed by atoms with van der Waals surface area (Å²) in [4.78, 5) is 15.4. The third kappa shape index (κ3) is 3.01. The zero-order valence-corrected chi connectivity index (χ0v) is 19.5. The van der Waals surface area contributed by atoms with Gasteiger partial charge in [-0.3, -0.25) is 4.79 Å². The van der Waals surface area contributed by atoms with E-state index in [2.05, 4.69) is 99.7 Å². The molecular formula is C29H22BrNO2. The Labute approximate surface area is 201 Å². The monoisotopic (exact) mass is 495 g/mol. The minimum Gasteiger partial charge on any atom is -0.448 e. The minimum atomic E-state index is -0.619. The molecule has 0 unspecified atom stereocenters. The van der Waals surface area contributed by atoms with E-state index in [1.165, 1.54) is 22.3 Å². The molecule has 162 valence electrons. The van der Waals surface area contributed by atoms with Crippen LogP contribution in [0.2, 0.25) is 0 Å². The first-order valence-corrected chi connectivity index (χ1v) is 11.9. The average Bonchev–Trinajstić information content (AvgIpc) is 3.37. The van der Waals surface area contributed by atoms with Crippen LogP contribution in [0.4, 0.5) is 0 Å². The van der Waals surface area contributed by atoms with E-state index in [9.17, 15) is 4.79 Å². The van der Waals surface area contributed by atoms with E-state index in [1.807, 2.05) is 24.3 Å². The van der Waals surface area contributed by atoms with Gasteiger partial charge >= 0.3 is 5.97 Å². The molecule has 0 bridgehead atoms. The fourth-order valence-corrected chi connectivity index (χ4v) is 5.97. The Kier molecular flexibility index (Phi) is 4.93. The summed E-state index contributed by atoms with van der Waals surface area (Å²) in [6.07, 6.45) is 0.569. The van der Waals surface area contributed by atoms with Gasteiger partial charge in [-0.15, -0.1) is 0 Å². The van der Waals surface area contributed by atoms with Crippen LogP contribution in [-0.2, 0) is 21.5 Å². The number of benzene rings is 4. The molecule has 0 radical (unpaired) electrons. The fraction of sp³-hybridized carbons (Fsp3) is 0.138. The van der Waals surface area contributed by atoms with Gasteiger partial charge in [0.15, 0.2) is 0 Å². The van der Waals surface area contributed by atoms with Crippen LogP contribution < -0.4 is 0 Å². The van der Waals surface area contributed by atoms with Gasteiger partial charge in [-0.1, -0.05) is 113 Å². The molecule has 1 aliphatic heterocycles. The molecule has 1 saturated heterocycles. The number of carbonyl (C=O) groups is 1. The molecule has 4 aromatic rings. The van der Waals surface area contributed by atoms with Crippen LogP contribution in [0.1, 0.15) is 22.3 Å². The summed E-state index contributed by atoms with van der Waals surface area (Å²) in [5, 5.41) is 0. The molecule has 1 fully saturated rings. The van der Waals surface area contributed by atoms with E-state index in [-0.39, 0.29) is 12.7 Å². The third-order valence-corrected chi connectivity index (χ3v) is 7.69. The highest BCUT2D eigenvalue weighted by atomic mass is 79.9. The van der Waals surface area contributed by atoms with E-state index < -0.39 is 11.6 Å². The summed E-state index contributed by atoms with van der Waals surface area (Å²) < 4.78 is 6.76. The Bertz CT molecular complexity index is 1310. The van der Waals surface area contributed by atoms with E-state index >= 15 is 0 Å². The minimum absolute atomic E-state index is 0.178. The predicted octanol–water partition coefficient (Wildman–Crippen LogP) is 6.15. The van der Waals surface area contributed by atoms with Crippen molar-refractivity contribution in [2.45, 2.75) is 18.0 Å². The number of ether oxygens (including phenoxy) is 1. The van der Waals surface area contributed by atoms with Crippen molar-refractivity contribution in [1.29, 1.82) is 0 Å². The molecule has 0 spiro atoms. The first-order chi connectivity index (χ1) is 16.2. The van der Waals surface area contributed by atoms with E-state index in [4.69, 9.17) is 4.74 Å².